The Labute approximate surface area is 147 Å². The quantitative estimate of drug-likeness (QED) is 0.760. The monoisotopic (exact) mass is 334 g/mol. The fraction of sp³-hybridized carbons (Fsp3) is 0.238. The first-order valence-corrected chi connectivity index (χ1v) is 8.30. The van der Waals surface area contributed by atoms with Gasteiger partial charge in [0.2, 0.25) is 0 Å². The molecule has 3 aromatic rings. The van der Waals surface area contributed by atoms with Gasteiger partial charge in [0.25, 0.3) is 5.91 Å². The highest BCUT2D eigenvalue weighted by Crippen LogP contribution is 2.22. The molecule has 0 spiro atoms. The van der Waals surface area contributed by atoms with Crippen molar-refractivity contribution in [2.24, 2.45) is 0 Å². The van der Waals surface area contributed by atoms with Crippen molar-refractivity contribution in [1.82, 2.24) is 10.3 Å². The summed E-state index contributed by atoms with van der Waals surface area (Å²) in [5, 5.41) is 2.93. The summed E-state index contributed by atoms with van der Waals surface area (Å²) in [4.78, 5) is 16.7. The number of benzene rings is 1. The van der Waals surface area contributed by atoms with E-state index < -0.39 is 0 Å². The van der Waals surface area contributed by atoms with E-state index >= 15 is 0 Å². The molecule has 25 heavy (non-hydrogen) atoms. The minimum absolute atomic E-state index is 0.0808. The molecule has 1 amide bonds. The second-order valence-corrected chi connectivity index (χ2v) is 7.07. The Balaban J connectivity index is 1.60. The predicted octanol–water partition coefficient (Wildman–Crippen LogP) is 4.57. The highest BCUT2D eigenvalue weighted by atomic mass is 16.3. The van der Waals surface area contributed by atoms with E-state index in [1.54, 1.807) is 18.7 Å². The summed E-state index contributed by atoms with van der Waals surface area (Å²) in [7, 11) is 0. The van der Waals surface area contributed by atoms with Gasteiger partial charge in [-0.05, 0) is 40.8 Å². The van der Waals surface area contributed by atoms with Crippen LogP contribution in [0.1, 0.15) is 42.3 Å². The number of amides is 1. The lowest BCUT2D eigenvalue weighted by Gasteiger charge is -2.19. The molecule has 4 nitrogen and oxygen atoms in total. The van der Waals surface area contributed by atoms with Crippen molar-refractivity contribution >= 4 is 5.91 Å². The number of hydrogen-bond donors (Lipinski definition) is 1. The zero-order chi connectivity index (χ0) is 17.9. The van der Waals surface area contributed by atoms with Crippen molar-refractivity contribution in [3.05, 3.63) is 77.9 Å². The molecule has 0 radical (unpaired) electrons. The van der Waals surface area contributed by atoms with Crippen molar-refractivity contribution in [3.8, 4) is 11.3 Å². The Morgan fingerprint density at radius 2 is 1.84 bits per heavy atom. The standard InChI is InChI=1S/C21H22N2O2/c1-21(2,3)18-7-5-16(6-8-18)20(24)23-13-15-4-9-19(22-12-15)17-10-11-25-14-17/h4-12,14H,13H2,1-3H3,(H,23,24). The van der Waals surface area contributed by atoms with Gasteiger partial charge in [0.15, 0.2) is 0 Å². The van der Waals surface area contributed by atoms with Gasteiger partial charge < -0.3 is 9.73 Å². The summed E-state index contributed by atoms with van der Waals surface area (Å²) in [5.74, 6) is -0.0839. The molecule has 2 heterocycles. The van der Waals surface area contributed by atoms with E-state index in [9.17, 15) is 4.79 Å². The highest BCUT2D eigenvalue weighted by molar-refractivity contribution is 5.94. The number of aromatic nitrogens is 1. The molecule has 0 atom stereocenters. The maximum atomic E-state index is 12.3. The molecule has 0 unspecified atom stereocenters. The normalized spacial score (nSPS) is 11.3. The molecule has 0 aliphatic rings. The third-order valence-electron chi connectivity index (χ3n) is 4.11. The van der Waals surface area contributed by atoms with Crippen LogP contribution in [-0.4, -0.2) is 10.9 Å². The number of rotatable bonds is 4. The van der Waals surface area contributed by atoms with Crippen molar-refractivity contribution in [2.45, 2.75) is 32.7 Å². The van der Waals surface area contributed by atoms with Crippen molar-refractivity contribution < 1.29 is 9.21 Å². The van der Waals surface area contributed by atoms with Crippen LogP contribution in [0, 0.1) is 0 Å². The van der Waals surface area contributed by atoms with E-state index in [4.69, 9.17) is 4.42 Å². The van der Waals surface area contributed by atoms with Gasteiger partial charge in [-0.3, -0.25) is 9.78 Å². The number of pyridine rings is 1. The van der Waals surface area contributed by atoms with Gasteiger partial charge >= 0.3 is 0 Å². The van der Waals surface area contributed by atoms with Gasteiger partial charge in [0, 0.05) is 23.9 Å². The number of nitrogens with one attached hydrogen (secondary N) is 1. The Bertz CT molecular complexity index is 827. The van der Waals surface area contributed by atoms with E-state index in [0.29, 0.717) is 12.1 Å². The van der Waals surface area contributed by atoms with Gasteiger partial charge in [0.1, 0.15) is 0 Å². The molecular formula is C21H22N2O2. The largest absolute Gasteiger partial charge is 0.472 e. The average molecular weight is 334 g/mol. The predicted molar refractivity (Wildman–Crippen MR) is 98.3 cm³/mol. The smallest absolute Gasteiger partial charge is 0.251 e. The second kappa shape index (κ2) is 6.93. The summed E-state index contributed by atoms with van der Waals surface area (Å²) in [6.07, 6.45) is 5.05. The molecule has 0 saturated heterocycles. The van der Waals surface area contributed by atoms with E-state index in [-0.39, 0.29) is 11.3 Å². The number of carbonyl (C=O) groups is 1. The zero-order valence-electron chi connectivity index (χ0n) is 14.7. The molecule has 1 aromatic carbocycles. The first kappa shape index (κ1) is 17.0. The van der Waals surface area contributed by atoms with Crippen LogP contribution in [-0.2, 0) is 12.0 Å². The molecule has 0 aliphatic carbocycles. The van der Waals surface area contributed by atoms with Crippen LogP contribution >= 0.6 is 0 Å². The van der Waals surface area contributed by atoms with Crippen molar-refractivity contribution in [1.29, 1.82) is 0 Å². The molecule has 1 N–H and O–H groups in total. The fourth-order valence-corrected chi connectivity index (χ4v) is 2.52. The van der Waals surface area contributed by atoms with Crippen LogP contribution in [0.5, 0.6) is 0 Å². The Morgan fingerprint density at radius 1 is 1.08 bits per heavy atom. The maximum Gasteiger partial charge on any atom is 0.251 e. The van der Waals surface area contributed by atoms with Crippen LogP contribution < -0.4 is 5.32 Å². The van der Waals surface area contributed by atoms with Gasteiger partial charge in [-0.25, -0.2) is 0 Å². The summed E-state index contributed by atoms with van der Waals surface area (Å²) in [6.45, 7) is 6.91. The van der Waals surface area contributed by atoms with E-state index in [1.165, 1.54) is 5.56 Å². The molecule has 0 fully saturated rings. The Morgan fingerprint density at radius 3 is 2.40 bits per heavy atom. The minimum atomic E-state index is -0.0839. The van der Waals surface area contributed by atoms with Crippen LogP contribution in [0.2, 0.25) is 0 Å². The molecule has 4 heteroatoms. The molecule has 0 bridgehead atoms. The summed E-state index contributed by atoms with van der Waals surface area (Å²) < 4.78 is 5.06. The number of nitrogens with zero attached hydrogens (tertiary/aromatic N) is 1. The van der Waals surface area contributed by atoms with Crippen LogP contribution in [0.4, 0.5) is 0 Å². The molecular weight excluding hydrogens is 312 g/mol. The summed E-state index contributed by atoms with van der Waals surface area (Å²) in [5.41, 5.74) is 4.69. The third-order valence-corrected chi connectivity index (χ3v) is 4.11. The molecule has 3 rings (SSSR count). The lowest BCUT2D eigenvalue weighted by molar-refractivity contribution is 0.0951. The van der Waals surface area contributed by atoms with Gasteiger partial charge in [0.05, 0.1) is 18.2 Å². The number of hydrogen-bond acceptors (Lipinski definition) is 3. The first-order chi connectivity index (χ1) is 11.9. The third kappa shape index (κ3) is 4.15. The minimum Gasteiger partial charge on any atom is -0.472 e. The fourth-order valence-electron chi connectivity index (χ4n) is 2.52. The molecule has 2 aromatic heterocycles. The lowest BCUT2D eigenvalue weighted by Crippen LogP contribution is -2.23. The second-order valence-electron chi connectivity index (χ2n) is 7.07. The lowest BCUT2D eigenvalue weighted by atomic mass is 9.87. The van der Waals surface area contributed by atoms with E-state index in [0.717, 1.165) is 16.8 Å². The first-order valence-electron chi connectivity index (χ1n) is 8.30. The van der Waals surface area contributed by atoms with Crippen molar-refractivity contribution in [2.75, 3.05) is 0 Å². The molecule has 0 aliphatic heterocycles. The Kier molecular flexibility index (Phi) is 4.70. The number of furan rings is 1. The van der Waals surface area contributed by atoms with Crippen LogP contribution in [0.3, 0.4) is 0 Å². The topological polar surface area (TPSA) is 55.1 Å². The summed E-state index contributed by atoms with van der Waals surface area (Å²) in [6, 6.07) is 13.5. The SMILES string of the molecule is CC(C)(C)c1ccc(C(=O)NCc2ccc(-c3ccoc3)nc2)cc1. The highest BCUT2D eigenvalue weighted by Gasteiger charge is 2.14. The van der Waals surface area contributed by atoms with Gasteiger partial charge in [-0.1, -0.05) is 39.0 Å². The van der Waals surface area contributed by atoms with Crippen molar-refractivity contribution in [3.63, 3.8) is 0 Å². The molecule has 128 valence electrons. The van der Waals surface area contributed by atoms with E-state index in [2.05, 4.69) is 31.1 Å². The van der Waals surface area contributed by atoms with Crippen LogP contribution in [0.25, 0.3) is 11.3 Å². The average Bonchev–Trinajstić information content (AvgIpc) is 3.14. The van der Waals surface area contributed by atoms with Gasteiger partial charge in [-0.2, -0.15) is 0 Å². The van der Waals surface area contributed by atoms with Crippen LogP contribution in [0.15, 0.2) is 65.6 Å². The maximum absolute atomic E-state index is 12.3. The zero-order valence-corrected chi connectivity index (χ0v) is 14.7. The number of carbonyl (C=O) groups excluding carboxylic acids is 1. The van der Waals surface area contributed by atoms with E-state index in [1.807, 2.05) is 42.5 Å². The van der Waals surface area contributed by atoms with Gasteiger partial charge in [-0.15, -0.1) is 0 Å². The molecule has 0 saturated carbocycles. The summed E-state index contributed by atoms with van der Waals surface area (Å²) >= 11 is 0. The Hall–Kier alpha value is -2.88.